The first kappa shape index (κ1) is 11.5. The van der Waals surface area contributed by atoms with Crippen LogP contribution >= 0.6 is 0 Å². The maximum absolute atomic E-state index is 2.45. The highest BCUT2D eigenvalue weighted by Crippen LogP contribution is 2.35. The normalized spacial score (nSPS) is 35.0. The third-order valence-corrected chi connectivity index (χ3v) is 4.77. The SMILES string of the molecule is CC1CCCC(CC2CCCCC2)CC1. The summed E-state index contributed by atoms with van der Waals surface area (Å²) in [6.45, 7) is 2.45. The Kier molecular flexibility index (Phi) is 4.53. The van der Waals surface area contributed by atoms with E-state index in [-0.39, 0.29) is 0 Å². The smallest absolute Gasteiger partial charge is 0.0412 e. The fraction of sp³-hybridized carbons (Fsp3) is 1.00. The molecule has 2 fully saturated rings. The first-order valence-electron chi connectivity index (χ1n) is 7.34. The molecule has 0 spiro atoms. The summed E-state index contributed by atoms with van der Waals surface area (Å²) in [6.07, 6.45) is 16.8. The van der Waals surface area contributed by atoms with Crippen molar-refractivity contribution >= 4 is 0 Å². The first-order valence-corrected chi connectivity index (χ1v) is 7.34. The van der Waals surface area contributed by atoms with Crippen LogP contribution in [-0.4, -0.2) is 0 Å². The summed E-state index contributed by atoms with van der Waals surface area (Å²) in [4.78, 5) is 0. The summed E-state index contributed by atoms with van der Waals surface area (Å²) in [5, 5.41) is 0. The van der Waals surface area contributed by atoms with Gasteiger partial charge in [-0.05, 0) is 24.2 Å². The minimum atomic E-state index is 1.02. The van der Waals surface area contributed by atoms with Crippen molar-refractivity contribution in [2.45, 2.75) is 77.6 Å². The molecule has 0 heterocycles. The number of hydrogen-bond acceptors (Lipinski definition) is 0. The summed E-state index contributed by atoms with van der Waals surface area (Å²) >= 11 is 0. The maximum Gasteiger partial charge on any atom is -0.0412 e. The molecule has 0 radical (unpaired) electrons. The second-order valence-electron chi connectivity index (χ2n) is 6.22. The topological polar surface area (TPSA) is 0 Å². The molecule has 2 atom stereocenters. The van der Waals surface area contributed by atoms with Gasteiger partial charge in [-0.3, -0.25) is 0 Å². The average Bonchev–Trinajstić information content (AvgIpc) is 2.46. The van der Waals surface area contributed by atoms with Crippen molar-refractivity contribution in [2.75, 3.05) is 0 Å². The molecule has 2 rings (SSSR count). The average molecular weight is 208 g/mol. The van der Waals surface area contributed by atoms with Gasteiger partial charge in [-0.15, -0.1) is 0 Å². The molecule has 0 heteroatoms. The Morgan fingerprint density at radius 1 is 0.667 bits per heavy atom. The molecular formula is C15H28. The molecule has 2 aliphatic carbocycles. The summed E-state index contributed by atoms with van der Waals surface area (Å²) < 4.78 is 0. The van der Waals surface area contributed by atoms with Crippen LogP contribution in [0.2, 0.25) is 0 Å². The zero-order valence-electron chi connectivity index (χ0n) is 10.5. The lowest BCUT2D eigenvalue weighted by atomic mass is 9.80. The highest BCUT2D eigenvalue weighted by atomic mass is 14.3. The molecule has 2 saturated carbocycles. The van der Waals surface area contributed by atoms with E-state index in [0.717, 1.165) is 17.8 Å². The number of hydrogen-bond donors (Lipinski definition) is 0. The summed E-state index contributed by atoms with van der Waals surface area (Å²) in [7, 11) is 0. The van der Waals surface area contributed by atoms with E-state index >= 15 is 0 Å². The Balaban J connectivity index is 1.72. The fourth-order valence-corrected chi connectivity index (χ4v) is 3.69. The van der Waals surface area contributed by atoms with Crippen LogP contribution in [0.15, 0.2) is 0 Å². The van der Waals surface area contributed by atoms with Crippen LogP contribution in [0, 0.1) is 17.8 Å². The lowest BCUT2D eigenvalue weighted by molar-refractivity contribution is 0.270. The monoisotopic (exact) mass is 208 g/mol. The third-order valence-electron chi connectivity index (χ3n) is 4.77. The number of rotatable bonds is 2. The molecule has 0 bridgehead atoms. The summed E-state index contributed by atoms with van der Waals surface area (Å²) in [5.74, 6) is 3.22. The van der Waals surface area contributed by atoms with Gasteiger partial charge in [0.1, 0.15) is 0 Å². The molecular weight excluding hydrogens is 180 g/mol. The van der Waals surface area contributed by atoms with Crippen molar-refractivity contribution in [3.8, 4) is 0 Å². The van der Waals surface area contributed by atoms with E-state index in [1.165, 1.54) is 44.9 Å². The van der Waals surface area contributed by atoms with E-state index in [9.17, 15) is 0 Å². The standard InChI is InChI=1S/C15H28/c1-13-6-5-9-15(11-10-13)12-14-7-3-2-4-8-14/h13-15H,2-12H2,1H3. The van der Waals surface area contributed by atoms with Gasteiger partial charge < -0.3 is 0 Å². The van der Waals surface area contributed by atoms with Gasteiger partial charge in [0.2, 0.25) is 0 Å². The quantitative estimate of drug-likeness (QED) is 0.549. The lowest BCUT2D eigenvalue weighted by Gasteiger charge is -2.25. The van der Waals surface area contributed by atoms with E-state index in [0.29, 0.717) is 0 Å². The lowest BCUT2D eigenvalue weighted by Crippen LogP contribution is -2.12. The van der Waals surface area contributed by atoms with Crippen LogP contribution in [0.5, 0.6) is 0 Å². The molecule has 0 saturated heterocycles. The minimum Gasteiger partial charge on any atom is -0.0625 e. The van der Waals surface area contributed by atoms with Gasteiger partial charge in [0.05, 0.1) is 0 Å². The highest BCUT2D eigenvalue weighted by Gasteiger charge is 2.21. The molecule has 0 aliphatic heterocycles. The van der Waals surface area contributed by atoms with Crippen molar-refractivity contribution < 1.29 is 0 Å². The van der Waals surface area contributed by atoms with Crippen molar-refractivity contribution in [3.63, 3.8) is 0 Å². The van der Waals surface area contributed by atoms with Gasteiger partial charge in [-0.2, -0.15) is 0 Å². The van der Waals surface area contributed by atoms with Crippen LogP contribution in [-0.2, 0) is 0 Å². The Morgan fingerprint density at radius 2 is 1.33 bits per heavy atom. The van der Waals surface area contributed by atoms with E-state index in [1.54, 1.807) is 25.7 Å². The maximum atomic E-state index is 2.45. The van der Waals surface area contributed by atoms with Crippen molar-refractivity contribution in [1.29, 1.82) is 0 Å². The zero-order valence-corrected chi connectivity index (χ0v) is 10.5. The molecule has 88 valence electrons. The summed E-state index contributed by atoms with van der Waals surface area (Å²) in [5.41, 5.74) is 0. The van der Waals surface area contributed by atoms with E-state index in [1.807, 2.05) is 0 Å². The molecule has 15 heavy (non-hydrogen) atoms. The fourth-order valence-electron chi connectivity index (χ4n) is 3.69. The molecule has 2 unspecified atom stereocenters. The van der Waals surface area contributed by atoms with Crippen LogP contribution in [0.25, 0.3) is 0 Å². The largest absolute Gasteiger partial charge is 0.0625 e. The van der Waals surface area contributed by atoms with Crippen molar-refractivity contribution in [2.24, 2.45) is 17.8 Å². The van der Waals surface area contributed by atoms with E-state index in [2.05, 4.69) is 6.92 Å². The van der Waals surface area contributed by atoms with E-state index < -0.39 is 0 Å². The van der Waals surface area contributed by atoms with Gasteiger partial charge in [0.25, 0.3) is 0 Å². The van der Waals surface area contributed by atoms with Crippen molar-refractivity contribution in [3.05, 3.63) is 0 Å². The third kappa shape index (κ3) is 3.81. The van der Waals surface area contributed by atoms with E-state index in [4.69, 9.17) is 0 Å². The van der Waals surface area contributed by atoms with Gasteiger partial charge in [-0.1, -0.05) is 71.1 Å². The molecule has 0 nitrogen and oxygen atoms in total. The van der Waals surface area contributed by atoms with Gasteiger partial charge in [0.15, 0.2) is 0 Å². The first-order chi connectivity index (χ1) is 7.34. The Morgan fingerprint density at radius 3 is 2.13 bits per heavy atom. The van der Waals surface area contributed by atoms with Gasteiger partial charge >= 0.3 is 0 Å². The van der Waals surface area contributed by atoms with Crippen LogP contribution in [0.4, 0.5) is 0 Å². The minimum absolute atomic E-state index is 1.02. The molecule has 0 aromatic heterocycles. The highest BCUT2D eigenvalue weighted by molar-refractivity contribution is 4.73. The molecule has 0 amide bonds. The predicted octanol–water partition coefficient (Wildman–Crippen LogP) is 5.17. The predicted molar refractivity (Wildman–Crippen MR) is 66.9 cm³/mol. The molecule has 0 aromatic rings. The molecule has 0 N–H and O–H groups in total. The van der Waals surface area contributed by atoms with Gasteiger partial charge in [-0.25, -0.2) is 0 Å². The van der Waals surface area contributed by atoms with Crippen LogP contribution in [0.1, 0.15) is 77.6 Å². The Hall–Kier alpha value is 0. The van der Waals surface area contributed by atoms with Crippen LogP contribution < -0.4 is 0 Å². The zero-order chi connectivity index (χ0) is 10.5. The Labute approximate surface area is 95.8 Å². The molecule has 2 aliphatic rings. The Bertz CT molecular complexity index is 167. The molecule has 0 aromatic carbocycles. The summed E-state index contributed by atoms with van der Waals surface area (Å²) in [6, 6.07) is 0. The van der Waals surface area contributed by atoms with Gasteiger partial charge in [0, 0.05) is 0 Å². The van der Waals surface area contributed by atoms with Crippen molar-refractivity contribution in [1.82, 2.24) is 0 Å². The van der Waals surface area contributed by atoms with Crippen LogP contribution in [0.3, 0.4) is 0 Å². The second-order valence-corrected chi connectivity index (χ2v) is 6.22. The second kappa shape index (κ2) is 5.92.